The number of nitrogens with one attached hydrogen (secondary N) is 1. The van der Waals surface area contributed by atoms with Crippen LogP contribution in [0.25, 0.3) is 10.8 Å². The Hall–Kier alpha value is -3.45. The third-order valence-corrected chi connectivity index (χ3v) is 5.95. The summed E-state index contributed by atoms with van der Waals surface area (Å²) < 4.78 is 5.64. The summed E-state index contributed by atoms with van der Waals surface area (Å²) in [5.41, 5.74) is 9.42. The van der Waals surface area contributed by atoms with Crippen molar-refractivity contribution in [3.05, 3.63) is 70.5 Å². The number of ether oxygens (including phenoxy) is 1. The Morgan fingerprint density at radius 2 is 2.00 bits per heavy atom. The number of carbonyl (C=O) groups excluding carboxylic acids is 1. The van der Waals surface area contributed by atoms with Crippen LogP contribution in [0, 0.1) is 6.92 Å². The van der Waals surface area contributed by atoms with Crippen LogP contribution in [0.1, 0.15) is 69.4 Å². The molecule has 1 aromatic heterocycles. The van der Waals surface area contributed by atoms with E-state index in [1.807, 2.05) is 26.0 Å². The third-order valence-electron chi connectivity index (χ3n) is 5.95. The SMILES string of the molecule is Cc1cc(C(C)Nc2ccccc2C(=O)O)c2cc(C3CCCOC3)nc(C(N)=O)c2c1. The molecule has 3 aromatic rings. The Kier molecular flexibility index (Phi) is 6.10. The van der Waals surface area contributed by atoms with Crippen molar-refractivity contribution in [1.82, 2.24) is 4.98 Å². The van der Waals surface area contributed by atoms with E-state index in [4.69, 9.17) is 10.5 Å². The molecule has 2 atom stereocenters. The van der Waals surface area contributed by atoms with Gasteiger partial charge in [0.1, 0.15) is 5.69 Å². The van der Waals surface area contributed by atoms with E-state index < -0.39 is 11.9 Å². The number of nitrogens with two attached hydrogens (primary N) is 1. The van der Waals surface area contributed by atoms with E-state index in [9.17, 15) is 14.7 Å². The van der Waals surface area contributed by atoms with E-state index in [1.165, 1.54) is 0 Å². The molecule has 2 heterocycles. The van der Waals surface area contributed by atoms with Gasteiger partial charge in [0.2, 0.25) is 0 Å². The number of rotatable bonds is 6. The number of fused-ring (bicyclic) bond motifs is 1. The van der Waals surface area contributed by atoms with Gasteiger partial charge in [0.15, 0.2) is 0 Å². The van der Waals surface area contributed by atoms with Gasteiger partial charge in [-0.05, 0) is 61.9 Å². The summed E-state index contributed by atoms with van der Waals surface area (Å²) in [5, 5.41) is 14.4. The molecule has 1 amide bonds. The second-order valence-corrected chi connectivity index (χ2v) is 8.34. The predicted molar refractivity (Wildman–Crippen MR) is 123 cm³/mol. The molecule has 0 spiro atoms. The number of aromatic carboxylic acids is 1. The number of aromatic nitrogens is 1. The highest BCUT2D eigenvalue weighted by molar-refractivity contribution is 6.06. The topological polar surface area (TPSA) is 115 Å². The van der Waals surface area contributed by atoms with Crippen LogP contribution < -0.4 is 11.1 Å². The molecule has 1 saturated heterocycles. The van der Waals surface area contributed by atoms with Crippen LogP contribution in [0.4, 0.5) is 5.69 Å². The van der Waals surface area contributed by atoms with Crippen LogP contribution in [-0.4, -0.2) is 35.2 Å². The average Bonchev–Trinajstić information content (AvgIpc) is 2.78. The Morgan fingerprint density at radius 1 is 1.22 bits per heavy atom. The van der Waals surface area contributed by atoms with Gasteiger partial charge in [0.05, 0.1) is 12.2 Å². The lowest BCUT2D eigenvalue weighted by Gasteiger charge is -2.24. The van der Waals surface area contributed by atoms with Gasteiger partial charge in [-0.15, -0.1) is 0 Å². The number of anilines is 1. The Labute approximate surface area is 186 Å². The predicted octanol–water partition coefficient (Wildman–Crippen LogP) is 4.41. The number of pyridine rings is 1. The van der Waals surface area contributed by atoms with E-state index >= 15 is 0 Å². The number of nitrogens with zero attached hydrogens (tertiary/aromatic N) is 1. The number of benzene rings is 2. The zero-order chi connectivity index (χ0) is 22.8. The number of para-hydroxylation sites is 1. The van der Waals surface area contributed by atoms with E-state index in [-0.39, 0.29) is 23.2 Å². The third kappa shape index (κ3) is 4.29. The summed E-state index contributed by atoms with van der Waals surface area (Å²) in [4.78, 5) is 28.6. The fourth-order valence-corrected chi connectivity index (χ4v) is 4.39. The molecule has 0 radical (unpaired) electrons. The minimum atomic E-state index is -0.991. The van der Waals surface area contributed by atoms with Crippen molar-refractivity contribution < 1.29 is 19.4 Å². The summed E-state index contributed by atoms with van der Waals surface area (Å²) in [6.07, 6.45) is 1.89. The molecule has 4 N–H and O–H groups in total. The van der Waals surface area contributed by atoms with Gasteiger partial charge in [-0.2, -0.15) is 0 Å². The fraction of sp³-hybridized carbons (Fsp3) is 0.320. The average molecular weight is 434 g/mol. The number of primary amides is 1. The van der Waals surface area contributed by atoms with Crippen LogP contribution in [0.3, 0.4) is 0 Å². The van der Waals surface area contributed by atoms with E-state index in [0.29, 0.717) is 17.7 Å². The molecule has 32 heavy (non-hydrogen) atoms. The van der Waals surface area contributed by atoms with E-state index in [2.05, 4.69) is 16.4 Å². The van der Waals surface area contributed by atoms with Crippen molar-refractivity contribution in [2.75, 3.05) is 18.5 Å². The fourth-order valence-electron chi connectivity index (χ4n) is 4.39. The Morgan fingerprint density at radius 3 is 2.69 bits per heavy atom. The molecule has 0 aliphatic carbocycles. The molecule has 7 nitrogen and oxygen atoms in total. The van der Waals surface area contributed by atoms with Gasteiger partial charge in [-0.1, -0.05) is 23.8 Å². The van der Waals surface area contributed by atoms with E-state index in [1.54, 1.807) is 24.3 Å². The molecule has 0 bridgehead atoms. The summed E-state index contributed by atoms with van der Waals surface area (Å²) in [6, 6.07) is 12.6. The normalized spacial score (nSPS) is 17.1. The molecule has 166 valence electrons. The molecule has 1 fully saturated rings. The van der Waals surface area contributed by atoms with Crippen molar-refractivity contribution in [3.63, 3.8) is 0 Å². The smallest absolute Gasteiger partial charge is 0.337 e. The van der Waals surface area contributed by atoms with Crippen LogP contribution in [-0.2, 0) is 4.74 Å². The summed E-state index contributed by atoms with van der Waals surface area (Å²) in [6.45, 7) is 5.23. The first kappa shape index (κ1) is 21.8. The number of carbonyl (C=O) groups is 2. The number of amides is 1. The van der Waals surface area contributed by atoms with Crippen LogP contribution in [0.2, 0.25) is 0 Å². The Bertz CT molecular complexity index is 1190. The van der Waals surface area contributed by atoms with Gasteiger partial charge >= 0.3 is 5.97 Å². The van der Waals surface area contributed by atoms with Gasteiger partial charge in [-0.3, -0.25) is 4.79 Å². The number of hydrogen-bond acceptors (Lipinski definition) is 5. The first-order chi connectivity index (χ1) is 15.3. The molecular formula is C25H27N3O4. The molecule has 4 rings (SSSR count). The van der Waals surface area contributed by atoms with Crippen molar-refractivity contribution in [2.45, 2.75) is 38.6 Å². The maximum absolute atomic E-state index is 12.3. The lowest BCUT2D eigenvalue weighted by molar-refractivity contribution is 0.0697. The van der Waals surface area contributed by atoms with Gasteiger partial charge in [0, 0.05) is 35.3 Å². The first-order valence-corrected chi connectivity index (χ1v) is 10.8. The molecule has 0 saturated carbocycles. The molecule has 2 aromatic carbocycles. The van der Waals surface area contributed by atoms with Crippen molar-refractivity contribution in [2.24, 2.45) is 5.73 Å². The number of carboxylic acid groups (broad SMARTS) is 1. The molecule has 7 heteroatoms. The second kappa shape index (κ2) is 8.96. The lowest BCUT2D eigenvalue weighted by Crippen LogP contribution is -2.20. The minimum absolute atomic E-state index is 0.108. The first-order valence-electron chi connectivity index (χ1n) is 10.8. The molecular weight excluding hydrogens is 406 g/mol. The zero-order valence-electron chi connectivity index (χ0n) is 18.2. The molecule has 1 aliphatic heterocycles. The molecule has 1 aliphatic rings. The quantitative estimate of drug-likeness (QED) is 0.531. The van der Waals surface area contributed by atoms with Crippen molar-refractivity contribution in [3.8, 4) is 0 Å². The van der Waals surface area contributed by atoms with Crippen LogP contribution >= 0.6 is 0 Å². The highest BCUT2D eigenvalue weighted by Crippen LogP contribution is 2.34. The van der Waals surface area contributed by atoms with Gasteiger partial charge in [0.25, 0.3) is 5.91 Å². The van der Waals surface area contributed by atoms with E-state index in [0.717, 1.165) is 41.7 Å². The van der Waals surface area contributed by atoms with Crippen LogP contribution in [0.15, 0.2) is 42.5 Å². The summed E-state index contributed by atoms with van der Waals surface area (Å²) in [7, 11) is 0. The van der Waals surface area contributed by atoms with Crippen LogP contribution in [0.5, 0.6) is 0 Å². The number of hydrogen-bond donors (Lipinski definition) is 3. The van der Waals surface area contributed by atoms with Crippen molar-refractivity contribution >= 4 is 28.3 Å². The zero-order valence-corrected chi connectivity index (χ0v) is 18.2. The summed E-state index contributed by atoms with van der Waals surface area (Å²) in [5.74, 6) is -1.45. The maximum atomic E-state index is 12.3. The maximum Gasteiger partial charge on any atom is 0.337 e. The Balaban J connectivity index is 1.84. The largest absolute Gasteiger partial charge is 0.478 e. The second-order valence-electron chi connectivity index (χ2n) is 8.34. The monoisotopic (exact) mass is 433 g/mol. The highest BCUT2D eigenvalue weighted by atomic mass is 16.5. The highest BCUT2D eigenvalue weighted by Gasteiger charge is 2.23. The van der Waals surface area contributed by atoms with Crippen molar-refractivity contribution in [1.29, 1.82) is 0 Å². The molecule has 2 unspecified atom stereocenters. The standard InChI is InChI=1S/C25H27N3O4/c1-14-10-18(15(2)27-21-8-4-3-7-17(21)25(30)31)19-12-22(16-6-5-9-32-13-16)28-23(24(26)29)20(19)11-14/h3-4,7-8,10-12,15-16,27H,5-6,9,13H2,1-2H3,(H2,26,29)(H,30,31). The van der Waals surface area contributed by atoms with Gasteiger partial charge in [-0.25, -0.2) is 9.78 Å². The number of aryl methyl sites for hydroxylation is 1. The van der Waals surface area contributed by atoms with Gasteiger partial charge < -0.3 is 20.9 Å². The number of carboxylic acids is 1. The minimum Gasteiger partial charge on any atom is -0.478 e. The lowest BCUT2D eigenvalue weighted by atomic mass is 9.91. The summed E-state index contributed by atoms with van der Waals surface area (Å²) >= 11 is 0.